The van der Waals surface area contributed by atoms with Gasteiger partial charge in [0.25, 0.3) is 0 Å². The van der Waals surface area contributed by atoms with Crippen LogP contribution in [0.1, 0.15) is 25.3 Å². The van der Waals surface area contributed by atoms with E-state index in [0.717, 1.165) is 15.9 Å². The smallest absolute Gasteiger partial charge is 0.246 e. The average Bonchev–Trinajstić information content (AvgIpc) is 2.63. The normalized spacial score (nSPS) is 11.7. The van der Waals surface area contributed by atoms with Crippen molar-refractivity contribution in [3.8, 4) is 5.75 Å². The van der Waals surface area contributed by atoms with Crippen molar-refractivity contribution < 1.29 is 22.3 Å². The number of hydrogen-bond acceptors (Lipinski definition) is 4. The summed E-state index contributed by atoms with van der Waals surface area (Å²) in [4.78, 5) is 12.2. The number of nitrogens with one attached hydrogen (secondary N) is 1. The molecule has 0 aliphatic rings. The third-order valence-electron chi connectivity index (χ3n) is 4.11. The summed E-state index contributed by atoms with van der Waals surface area (Å²) < 4.78 is 45.3. The molecule has 0 radical (unpaired) electrons. The first-order valence-electron chi connectivity index (χ1n) is 8.45. The van der Waals surface area contributed by atoms with Gasteiger partial charge in [0, 0.05) is 12.7 Å². The number of hydrogen-bond donors (Lipinski definition) is 1. The van der Waals surface area contributed by atoms with Crippen molar-refractivity contribution in [3.63, 3.8) is 0 Å². The molecule has 6 nitrogen and oxygen atoms in total. The highest BCUT2D eigenvalue weighted by Crippen LogP contribution is 2.30. The quantitative estimate of drug-likeness (QED) is 0.726. The third-order valence-corrected chi connectivity index (χ3v) is 6.23. The number of methoxy groups -OCH3 is 1. The number of likely N-dealkylation sites (N-methyl/N-ethyl adjacent to an activating group) is 1. The molecule has 0 aliphatic carbocycles. The van der Waals surface area contributed by atoms with Gasteiger partial charge in [-0.3, -0.25) is 4.79 Å². The number of sulfonamides is 1. The van der Waals surface area contributed by atoms with Gasteiger partial charge < -0.3 is 10.1 Å². The summed E-state index contributed by atoms with van der Waals surface area (Å²) in [5.74, 6) is -0.886. The Bertz CT molecular complexity index is 980. The number of nitrogens with zero attached hydrogens (tertiary/aromatic N) is 1. The number of carbonyl (C=O) groups is 1. The van der Waals surface area contributed by atoms with E-state index in [0.29, 0.717) is 0 Å². The lowest BCUT2D eigenvalue weighted by Crippen LogP contribution is -2.35. The van der Waals surface area contributed by atoms with Crippen molar-refractivity contribution in [3.05, 3.63) is 52.8 Å². The molecule has 28 heavy (non-hydrogen) atoms. The van der Waals surface area contributed by atoms with Crippen molar-refractivity contribution in [1.29, 1.82) is 0 Å². The predicted molar refractivity (Wildman–Crippen MR) is 107 cm³/mol. The molecule has 0 saturated carbocycles. The van der Waals surface area contributed by atoms with E-state index in [4.69, 9.17) is 16.3 Å². The SMILES string of the molecule is COc1ccc(C(C)C)cc1S(=O)(=O)N(C)CC(=O)Nc1ccc(F)c(Cl)c1. The van der Waals surface area contributed by atoms with E-state index in [1.165, 1.54) is 26.3 Å². The van der Waals surface area contributed by atoms with Crippen LogP contribution in [0.2, 0.25) is 5.02 Å². The van der Waals surface area contributed by atoms with E-state index in [-0.39, 0.29) is 27.3 Å². The lowest BCUT2D eigenvalue weighted by atomic mass is 10.0. The molecular weight excluding hydrogens is 407 g/mol. The van der Waals surface area contributed by atoms with Gasteiger partial charge in [0.2, 0.25) is 15.9 Å². The highest BCUT2D eigenvalue weighted by molar-refractivity contribution is 7.89. The molecule has 0 unspecified atom stereocenters. The van der Waals surface area contributed by atoms with Crippen LogP contribution >= 0.6 is 11.6 Å². The number of carbonyl (C=O) groups excluding carboxylic acids is 1. The molecule has 0 spiro atoms. The summed E-state index contributed by atoms with van der Waals surface area (Å²) >= 11 is 5.68. The van der Waals surface area contributed by atoms with Crippen molar-refractivity contribution >= 4 is 33.2 Å². The Hall–Kier alpha value is -2.16. The van der Waals surface area contributed by atoms with Crippen LogP contribution in [-0.2, 0) is 14.8 Å². The molecule has 1 amide bonds. The van der Waals surface area contributed by atoms with Gasteiger partial charge in [0.15, 0.2) is 0 Å². The van der Waals surface area contributed by atoms with Crippen molar-refractivity contribution in [2.24, 2.45) is 0 Å². The second-order valence-electron chi connectivity index (χ2n) is 6.50. The van der Waals surface area contributed by atoms with Crippen molar-refractivity contribution in [2.45, 2.75) is 24.7 Å². The predicted octanol–water partition coefficient (Wildman–Crippen LogP) is 3.87. The Labute approximate surface area is 169 Å². The summed E-state index contributed by atoms with van der Waals surface area (Å²) in [5.41, 5.74) is 1.10. The molecule has 0 atom stereocenters. The Morgan fingerprint density at radius 1 is 1.25 bits per heavy atom. The van der Waals surface area contributed by atoms with Crippen LogP contribution in [0.3, 0.4) is 0 Å². The van der Waals surface area contributed by atoms with Crippen LogP contribution in [-0.4, -0.2) is 39.3 Å². The van der Waals surface area contributed by atoms with Crippen molar-refractivity contribution in [1.82, 2.24) is 4.31 Å². The zero-order valence-electron chi connectivity index (χ0n) is 16.0. The lowest BCUT2D eigenvalue weighted by molar-refractivity contribution is -0.116. The fraction of sp³-hybridized carbons (Fsp3) is 0.316. The van der Waals surface area contributed by atoms with E-state index in [1.54, 1.807) is 18.2 Å². The van der Waals surface area contributed by atoms with Crippen LogP contribution in [0.5, 0.6) is 5.75 Å². The highest BCUT2D eigenvalue weighted by atomic mass is 35.5. The van der Waals surface area contributed by atoms with Crippen LogP contribution in [0.15, 0.2) is 41.3 Å². The van der Waals surface area contributed by atoms with Crippen LogP contribution in [0.4, 0.5) is 10.1 Å². The maximum absolute atomic E-state index is 13.2. The fourth-order valence-corrected chi connectivity index (χ4v) is 3.98. The summed E-state index contributed by atoms with van der Waals surface area (Å²) in [6.07, 6.45) is 0. The number of ether oxygens (including phenoxy) is 1. The molecule has 2 rings (SSSR count). The second kappa shape index (κ2) is 8.89. The Morgan fingerprint density at radius 3 is 2.50 bits per heavy atom. The van der Waals surface area contributed by atoms with Gasteiger partial charge in [-0.25, -0.2) is 12.8 Å². The minimum absolute atomic E-state index is 0.0127. The summed E-state index contributed by atoms with van der Waals surface area (Å²) in [7, 11) is -1.30. The van der Waals surface area contributed by atoms with Crippen LogP contribution in [0.25, 0.3) is 0 Å². The van der Waals surface area contributed by atoms with Gasteiger partial charge >= 0.3 is 0 Å². The molecule has 0 aliphatic heterocycles. The summed E-state index contributed by atoms with van der Waals surface area (Å²) in [6, 6.07) is 8.64. The highest BCUT2D eigenvalue weighted by Gasteiger charge is 2.27. The Morgan fingerprint density at radius 2 is 1.93 bits per heavy atom. The molecule has 2 aromatic carbocycles. The number of benzene rings is 2. The van der Waals surface area contributed by atoms with Gasteiger partial charge in [-0.15, -0.1) is 0 Å². The van der Waals surface area contributed by atoms with Gasteiger partial charge in [-0.2, -0.15) is 4.31 Å². The minimum atomic E-state index is -3.98. The van der Waals surface area contributed by atoms with E-state index in [2.05, 4.69) is 5.32 Å². The number of halogens is 2. The average molecular weight is 429 g/mol. The second-order valence-corrected chi connectivity index (χ2v) is 8.92. The van der Waals surface area contributed by atoms with E-state index in [9.17, 15) is 17.6 Å². The molecule has 0 saturated heterocycles. The Kier molecular flexibility index (Phi) is 7.03. The zero-order chi connectivity index (χ0) is 21.1. The van der Waals surface area contributed by atoms with Crippen LogP contribution in [0, 0.1) is 5.82 Å². The first kappa shape index (κ1) is 22.1. The maximum Gasteiger partial charge on any atom is 0.246 e. The van der Waals surface area contributed by atoms with Gasteiger partial charge in [-0.05, 0) is 41.8 Å². The first-order chi connectivity index (χ1) is 13.1. The first-order valence-corrected chi connectivity index (χ1v) is 10.3. The Balaban J connectivity index is 2.22. The summed E-state index contributed by atoms with van der Waals surface area (Å²) in [6.45, 7) is 3.46. The largest absolute Gasteiger partial charge is 0.495 e. The van der Waals surface area contributed by atoms with Crippen LogP contribution < -0.4 is 10.1 Å². The molecule has 0 heterocycles. The standard InChI is InChI=1S/C19H22ClFN2O4S/c1-12(2)13-5-8-17(27-4)18(9-13)28(25,26)23(3)11-19(24)22-14-6-7-16(21)15(20)10-14/h5-10,12H,11H2,1-4H3,(H,22,24). The van der Waals surface area contributed by atoms with E-state index < -0.39 is 28.3 Å². The van der Waals surface area contributed by atoms with E-state index >= 15 is 0 Å². The van der Waals surface area contributed by atoms with Crippen molar-refractivity contribution in [2.75, 3.05) is 26.0 Å². The van der Waals surface area contributed by atoms with Gasteiger partial charge in [-0.1, -0.05) is 31.5 Å². The molecule has 152 valence electrons. The minimum Gasteiger partial charge on any atom is -0.495 e. The number of amides is 1. The fourth-order valence-electron chi connectivity index (χ4n) is 2.48. The summed E-state index contributed by atoms with van der Waals surface area (Å²) in [5, 5.41) is 2.35. The van der Waals surface area contributed by atoms with Gasteiger partial charge in [0.05, 0.1) is 18.7 Å². The molecular formula is C19H22ClFN2O4S. The molecule has 0 bridgehead atoms. The zero-order valence-corrected chi connectivity index (χ0v) is 17.6. The topological polar surface area (TPSA) is 75.7 Å². The number of anilines is 1. The number of rotatable bonds is 7. The maximum atomic E-state index is 13.2. The molecule has 0 aromatic heterocycles. The monoisotopic (exact) mass is 428 g/mol. The molecule has 1 N–H and O–H groups in total. The third kappa shape index (κ3) is 5.01. The molecule has 2 aromatic rings. The molecule has 0 fully saturated rings. The van der Waals surface area contributed by atoms with E-state index in [1.807, 2.05) is 13.8 Å². The molecule has 9 heteroatoms. The van der Waals surface area contributed by atoms with Gasteiger partial charge in [0.1, 0.15) is 16.5 Å². The lowest BCUT2D eigenvalue weighted by Gasteiger charge is -2.20.